The van der Waals surface area contributed by atoms with Gasteiger partial charge in [-0.1, -0.05) is 32.0 Å². The molecule has 1 aromatic carbocycles. The van der Waals surface area contributed by atoms with E-state index in [1.54, 1.807) is 0 Å². The number of hydrogen-bond acceptors (Lipinski definition) is 4. The van der Waals surface area contributed by atoms with Crippen LogP contribution in [-0.2, 0) is 25.6 Å². The van der Waals surface area contributed by atoms with Gasteiger partial charge in [0.15, 0.2) is 0 Å². The first-order valence-corrected chi connectivity index (χ1v) is 7.29. The molecule has 0 saturated carbocycles. The average Bonchev–Trinajstić information content (AvgIpc) is 2.91. The van der Waals surface area contributed by atoms with Crippen molar-refractivity contribution in [2.24, 2.45) is 5.41 Å². The van der Waals surface area contributed by atoms with Crippen molar-refractivity contribution < 1.29 is 19.1 Å². The van der Waals surface area contributed by atoms with E-state index in [1.807, 2.05) is 55.8 Å². The van der Waals surface area contributed by atoms with Crippen molar-refractivity contribution in [3.8, 4) is 0 Å². The minimum Gasteiger partial charge on any atom is -0.462 e. The summed E-state index contributed by atoms with van der Waals surface area (Å²) in [6, 6.07) is 7.88. The van der Waals surface area contributed by atoms with Gasteiger partial charge in [-0.25, -0.2) is 4.79 Å². The second-order valence-corrected chi connectivity index (χ2v) is 6.42. The summed E-state index contributed by atoms with van der Waals surface area (Å²) >= 11 is 0. The van der Waals surface area contributed by atoms with E-state index < -0.39 is 23.5 Å². The lowest BCUT2D eigenvalue weighted by Crippen LogP contribution is -2.35. The zero-order valence-electron chi connectivity index (χ0n) is 13.0. The molecule has 3 rings (SSSR count). The fourth-order valence-electron chi connectivity index (χ4n) is 2.80. The highest BCUT2D eigenvalue weighted by Gasteiger charge is 2.46. The summed E-state index contributed by atoms with van der Waals surface area (Å²) in [5.74, 6) is -0.899. The summed E-state index contributed by atoms with van der Waals surface area (Å²) in [6.45, 7) is 6.06. The van der Waals surface area contributed by atoms with Gasteiger partial charge >= 0.3 is 11.9 Å². The minimum atomic E-state index is -0.831. The lowest BCUT2D eigenvalue weighted by Gasteiger charge is -2.21. The van der Waals surface area contributed by atoms with Crippen LogP contribution in [0.2, 0.25) is 0 Å². The van der Waals surface area contributed by atoms with Crippen molar-refractivity contribution >= 4 is 22.8 Å². The van der Waals surface area contributed by atoms with E-state index in [-0.39, 0.29) is 13.2 Å². The van der Waals surface area contributed by atoms with Crippen LogP contribution in [0.3, 0.4) is 0 Å². The van der Waals surface area contributed by atoms with Crippen molar-refractivity contribution in [3.63, 3.8) is 0 Å². The normalized spacial score (nSPS) is 20.1. The van der Waals surface area contributed by atoms with Crippen LogP contribution < -0.4 is 0 Å². The lowest BCUT2D eigenvalue weighted by molar-refractivity contribution is -0.163. The molecule has 2 aromatic rings. The number of rotatable bonds is 3. The number of carbonyl (C=O) groups is 2. The third kappa shape index (κ3) is 2.47. The molecule has 22 heavy (non-hydrogen) atoms. The van der Waals surface area contributed by atoms with Crippen LogP contribution in [0.15, 0.2) is 30.5 Å². The molecule has 1 aromatic heterocycles. The Morgan fingerprint density at radius 3 is 2.82 bits per heavy atom. The third-order valence-electron chi connectivity index (χ3n) is 4.05. The van der Waals surface area contributed by atoms with Crippen molar-refractivity contribution in [1.82, 2.24) is 4.57 Å². The average molecular weight is 301 g/mol. The van der Waals surface area contributed by atoms with E-state index in [0.717, 1.165) is 16.5 Å². The summed E-state index contributed by atoms with van der Waals surface area (Å²) in [5, 5.41) is 1.11. The van der Waals surface area contributed by atoms with Crippen LogP contribution in [0.5, 0.6) is 0 Å². The summed E-state index contributed by atoms with van der Waals surface area (Å²) in [6.07, 6.45) is 1.09. The molecule has 0 amide bonds. The molecule has 5 heteroatoms. The molecule has 0 unspecified atom stereocenters. The Kier molecular flexibility index (Phi) is 3.43. The zero-order valence-corrected chi connectivity index (χ0v) is 13.0. The maximum atomic E-state index is 12.2. The molecule has 1 saturated heterocycles. The summed E-state index contributed by atoms with van der Waals surface area (Å²) < 4.78 is 12.2. The molecule has 1 aliphatic heterocycles. The number of nitrogens with zero attached hydrogens (tertiary/aromatic N) is 1. The van der Waals surface area contributed by atoms with E-state index in [9.17, 15) is 9.59 Å². The second kappa shape index (κ2) is 5.16. The molecule has 0 bridgehead atoms. The van der Waals surface area contributed by atoms with Gasteiger partial charge in [-0.2, -0.15) is 0 Å². The Balaban J connectivity index is 1.78. The van der Waals surface area contributed by atoms with Gasteiger partial charge in [0.2, 0.25) is 6.10 Å². The minimum absolute atomic E-state index is 0.0776. The first-order chi connectivity index (χ1) is 10.4. The number of benzene rings is 1. The van der Waals surface area contributed by atoms with E-state index in [2.05, 4.69) is 0 Å². The molecule has 5 nitrogen and oxygen atoms in total. The topological polar surface area (TPSA) is 57.5 Å². The highest BCUT2D eigenvalue weighted by Crippen LogP contribution is 2.31. The van der Waals surface area contributed by atoms with Crippen LogP contribution in [-0.4, -0.2) is 29.2 Å². The predicted octanol–water partition coefficient (Wildman–Crippen LogP) is 2.44. The third-order valence-corrected chi connectivity index (χ3v) is 4.05. The maximum Gasteiger partial charge on any atom is 0.348 e. The summed E-state index contributed by atoms with van der Waals surface area (Å²) in [7, 11) is 0. The fraction of sp³-hybridized carbons (Fsp3) is 0.412. The Morgan fingerprint density at radius 1 is 1.41 bits per heavy atom. The van der Waals surface area contributed by atoms with Crippen LogP contribution >= 0.6 is 0 Å². The quantitative estimate of drug-likeness (QED) is 0.817. The van der Waals surface area contributed by atoms with Gasteiger partial charge in [0.05, 0.1) is 0 Å². The molecule has 116 valence electrons. The molecule has 1 atom stereocenters. The molecular weight excluding hydrogens is 282 g/mol. The molecule has 0 spiro atoms. The van der Waals surface area contributed by atoms with Gasteiger partial charge < -0.3 is 14.0 Å². The molecule has 0 aliphatic carbocycles. The molecule has 0 N–H and O–H groups in total. The molecular formula is C17H19NO4. The maximum absolute atomic E-state index is 12.2. The SMILES string of the molecule is Cc1cn(CC(=O)O[C@H]2C(=O)OCC2(C)C)c2ccccc12. The molecule has 0 radical (unpaired) electrons. The Labute approximate surface area is 128 Å². The lowest BCUT2D eigenvalue weighted by atomic mass is 9.90. The molecule has 1 fully saturated rings. The van der Waals surface area contributed by atoms with E-state index in [1.165, 1.54) is 0 Å². The number of ether oxygens (including phenoxy) is 2. The van der Waals surface area contributed by atoms with Gasteiger partial charge in [-0.3, -0.25) is 4.79 Å². The van der Waals surface area contributed by atoms with Gasteiger partial charge in [0, 0.05) is 22.5 Å². The Morgan fingerprint density at radius 2 is 2.14 bits per heavy atom. The number of cyclic esters (lactones) is 1. The molecule has 2 heterocycles. The van der Waals surface area contributed by atoms with Crippen LogP contribution in [0.4, 0.5) is 0 Å². The number of para-hydroxylation sites is 1. The van der Waals surface area contributed by atoms with Crippen molar-refractivity contribution in [3.05, 3.63) is 36.0 Å². The Hall–Kier alpha value is -2.30. The number of carbonyl (C=O) groups excluding carboxylic acids is 2. The first-order valence-electron chi connectivity index (χ1n) is 7.29. The molecule has 1 aliphatic rings. The second-order valence-electron chi connectivity index (χ2n) is 6.42. The van der Waals surface area contributed by atoms with E-state index >= 15 is 0 Å². The standard InChI is InChI=1S/C17H19NO4/c1-11-8-18(13-7-5-4-6-12(11)13)9-14(19)22-15-16(20)21-10-17(15,2)3/h4-8,15H,9-10H2,1-3H3/t15-/m0/s1. The fourth-order valence-corrected chi connectivity index (χ4v) is 2.80. The summed E-state index contributed by atoms with van der Waals surface area (Å²) in [5.41, 5.74) is 1.59. The smallest absolute Gasteiger partial charge is 0.348 e. The van der Waals surface area contributed by atoms with Crippen LogP contribution in [0.1, 0.15) is 19.4 Å². The van der Waals surface area contributed by atoms with Crippen molar-refractivity contribution in [2.75, 3.05) is 6.61 Å². The van der Waals surface area contributed by atoms with Gasteiger partial charge in [-0.15, -0.1) is 0 Å². The largest absolute Gasteiger partial charge is 0.462 e. The van der Waals surface area contributed by atoms with Crippen molar-refractivity contribution in [1.29, 1.82) is 0 Å². The van der Waals surface area contributed by atoms with Crippen molar-refractivity contribution in [2.45, 2.75) is 33.4 Å². The number of hydrogen-bond donors (Lipinski definition) is 0. The first kappa shape index (κ1) is 14.6. The highest BCUT2D eigenvalue weighted by atomic mass is 16.6. The predicted molar refractivity (Wildman–Crippen MR) is 81.3 cm³/mol. The number of fused-ring (bicyclic) bond motifs is 1. The Bertz CT molecular complexity index is 744. The summed E-state index contributed by atoms with van der Waals surface area (Å²) in [4.78, 5) is 23.9. The monoisotopic (exact) mass is 301 g/mol. The van der Waals surface area contributed by atoms with Gasteiger partial charge in [-0.05, 0) is 18.6 Å². The number of esters is 2. The zero-order chi connectivity index (χ0) is 15.9. The highest BCUT2D eigenvalue weighted by molar-refractivity contribution is 5.86. The van der Waals surface area contributed by atoms with Gasteiger partial charge in [0.25, 0.3) is 0 Å². The van der Waals surface area contributed by atoms with Crippen LogP contribution in [0, 0.1) is 12.3 Å². The number of aryl methyl sites for hydroxylation is 1. The number of aromatic nitrogens is 1. The van der Waals surface area contributed by atoms with Crippen LogP contribution in [0.25, 0.3) is 10.9 Å². The van der Waals surface area contributed by atoms with E-state index in [4.69, 9.17) is 9.47 Å². The van der Waals surface area contributed by atoms with E-state index in [0.29, 0.717) is 0 Å². The van der Waals surface area contributed by atoms with Gasteiger partial charge in [0.1, 0.15) is 13.2 Å².